The van der Waals surface area contributed by atoms with E-state index in [2.05, 4.69) is 25.8 Å². The number of nitrogens with zero attached hydrogens (tertiary/aromatic N) is 3. The van der Waals surface area contributed by atoms with Gasteiger partial charge in [0.1, 0.15) is 5.82 Å². The fraction of sp³-hybridized carbons (Fsp3) is 0.440. The summed E-state index contributed by atoms with van der Waals surface area (Å²) in [6.45, 7) is 1.15. The summed E-state index contributed by atoms with van der Waals surface area (Å²) in [5, 5.41) is 16.6. The number of halogens is 3. The van der Waals surface area contributed by atoms with Crippen LogP contribution >= 0.6 is 0 Å². The molecule has 36 heavy (non-hydrogen) atoms. The van der Waals surface area contributed by atoms with Crippen molar-refractivity contribution in [3.8, 4) is 6.19 Å². The molecule has 2 aromatic rings. The smallest absolute Gasteiger partial charge is 0.349 e. The highest BCUT2D eigenvalue weighted by Crippen LogP contribution is 2.35. The lowest BCUT2D eigenvalue weighted by Crippen LogP contribution is -2.63. The van der Waals surface area contributed by atoms with Crippen molar-refractivity contribution in [1.29, 1.82) is 5.26 Å². The Labute approximate surface area is 206 Å². The molecule has 1 aliphatic carbocycles. The van der Waals surface area contributed by atoms with Gasteiger partial charge in [-0.1, -0.05) is 12.1 Å². The number of pyridine rings is 1. The number of rotatable bonds is 7. The zero-order valence-electron chi connectivity index (χ0n) is 19.5. The van der Waals surface area contributed by atoms with E-state index in [1.165, 1.54) is 6.07 Å². The van der Waals surface area contributed by atoms with Crippen LogP contribution in [-0.2, 0) is 11.0 Å². The molecular formula is C25H27F3N6O2. The van der Waals surface area contributed by atoms with E-state index in [1.54, 1.807) is 6.07 Å². The molecule has 8 nitrogen and oxygen atoms in total. The van der Waals surface area contributed by atoms with Gasteiger partial charge in [-0.2, -0.15) is 18.4 Å². The van der Waals surface area contributed by atoms with Gasteiger partial charge in [-0.3, -0.25) is 19.8 Å². The number of carbonyl (C=O) groups excluding carboxylic acids is 2. The van der Waals surface area contributed by atoms with Gasteiger partial charge in [0, 0.05) is 36.3 Å². The van der Waals surface area contributed by atoms with Crippen molar-refractivity contribution >= 4 is 17.6 Å². The van der Waals surface area contributed by atoms with Crippen molar-refractivity contribution in [3.63, 3.8) is 0 Å². The van der Waals surface area contributed by atoms with E-state index in [0.717, 1.165) is 62.7 Å². The van der Waals surface area contributed by atoms with E-state index < -0.39 is 17.6 Å². The highest BCUT2D eigenvalue weighted by atomic mass is 19.4. The summed E-state index contributed by atoms with van der Waals surface area (Å²) in [6, 6.07) is 10.2. The first-order chi connectivity index (χ1) is 17.2. The normalized spacial score (nSPS) is 20.6. The number of amides is 2. The van der Waals surface area contributed by atoms with Gasteiger partial charge < -0.3 is 10.6 Å². The van der Waals surface area contributed by atoms with E-state index in [-0.39, 0.29) is 24.1 Å². The molecule has 2 heterocycles. The molecule has 0 unspecified atom stereocenters. The Kier molecular flexibility index (Phi) is 7.74. The van der Waals surface area contributed by atoms with Crippen molar-refractivity contribution < 1.29 is 22.8 Å². The summed E-state index contributed by atoms with van der Waals surface area (Å²) in [5.41, 5.74) is -0.0649. The summed E-state index contributed by atoms with van der Waals surface area (Å²) in [7, 11) is 0. The van der Waals surface area contributed by atoms with Gasteiger partial charge >= 0.3 is 6.18 Å². The Morgan fingerprint density at radius 1 is 1.08 bits per heavy atom. The van der Waals surface area contributed by atoms with Crippen LogP contribution in [0.5, 0.6) is 0 Å². The molecule has 0 spiro atoms. The van der Waals surface area contributed by atoms with Crippen LogP contribution in [0.15, 0.2) is 42.5 Å². The Morgan fingerprint density at radius 3 is 2.50 bits per heavy atom. The van der Waals surface area contributed by atoms with Crippen LogP contribution in [0.1, 0.15) is 53.2 Å². The van der Waals surface area contributed by atoms with Gasteiger partial charge in [0.05, 0.1) is 18.2 Å². The largest absolute Gasteiger partial charge is 0.416 e. The van der Waals surface area contributed by atoms with Crippen LogP contribution in [-0.4, -0.2) is 53.4 Å². The minimum Gasteiger partial charge on any atom is -0.349 e. The molecule has 3 N–H and O–H groups in total. The van der Waals surface area contributed by atoms with Crippen LogP contribution in [0, 0.1) is 11.5 Å². The van der Waals surface area contributed by atoms with Crippen LogP contribution in [0.25, 0.3) is 0 Å². The third kappa shape index (κ3) is 6.31. The third-order valence-corrected chi connectivity index (χ3v) is 6.72. The fourth-order valence-electron chi connectivity index (χ4n) is 4.82. The summed E-state index contributed by atoms with van der Waals surface area (Å²) >= 11 is 0. The first kappa shape index (κ1) is 25.4. The van der Waals surface area contributed by atoms with Crippen molar-refractivity contribution in [2.45, 2.75) is 49.9 Å². The average molecular weight is 501 g/mol. The number of nitriles is 1. The van der Waals surface area contributed by atoms with Gasteiger partial charge in [0.25, 0.3) is 5.91 Å². The first-order valence-electron chi connectivity index (χ1n) is 11.8. The second-order valence-electron chi connectivity index (χ2n) is 9.17. The molecule has 2 fully saturated rings. The Bertz CT molecular complexity index is 1140. The molecule has 1 saturated carbocycles. The number of hydrogen-bond donors (Lipinski definition) is 3. The molecule has 11 heteroatoms. The zero-order chi connectivity index (χ0) is 25.7. The van der Waals surface area contributed by atoms with Gasteiger partial charge in [-0.05, 0) is 56.0 Å². The zero-order valence-corrected chi connectivity index (χ0v) is 19.5. The second-order valence-corrected chi connectivity index (χ2v) is 9.17. The van der Waals surface area contributed by atoms with Gasteiger partial charge in [0.15, 0.2) is 6.19 Å². The highest BCUT2D eigenvalue weighted by molar-refractivity contribution is 5.96. The van der Waals surface area contributed by atoms with Crippen LogP contribution in [0.3, 0.4) is 0 Å². The van der Waals surface area contributed by atoms with Crippen molar-refractivity contribution in [3.05, 3.63) is 59.3 Å². The number of hydrogen-bond acceptors (Lipinski definition) is 6. The second kappa shape index (κ2) is 11.0. The lowest BCUT2D eigenvalue weighted by molar-refractivity contribution is -0.137. The molecule has 4 rings (SSSR count). The van der Waals surface area contributed by atoms with Crippen molar-refractivity contribution in [2.24, 2.45) is 0 Å². The number of nitrogens with one attached hydrogen (secondary N) is 3. The molecule has 0 atom stereocenters. The quantitative estimate of drug-likeness (QED) is 0.398. The SMILES string of the molecule is N#CNc1cccc([C@H]2CC[C@@H](N3CC(NC(=O)CNC(=O)c4cccc(C(F)(F)F)c4)C3)CC2)n1. The standard InChI is InChI=1S/C25H27F3N6O2/c26-25(27,28)18-4-1-3-17(11-18)24(36)30-12-23(35)32-19-13-34(14-19)20-9-7-16(8-10-20)21-5-2-6-22(33-21)31-15-29/h1-6,11,16,19-20H,7-10,12-14H2,(H,30,36)(H,31,33)(H,32,35)/t16-,20+. The number of alkyl halides is 3. The van der Waals surface area contributed by atoms with Crippen LogP contribution in [0.2, 0.25) is 0 Å². The van der Waals surface area contributed by atoms with E-state index in [4.69, 9.17) is 5.26 Å². The van der Waals surface area contributed by atoms with E-state index >= 15 is 0 Å². The van der Waals surface area contributed by atoms with Crippen LogP contribution in [0.4, 0.5) is 19.0 Å². The Hall–Kier alpha value is -3.65. The molecule has 1 aliphatic heterocycles. The number of carbonyl (C=O) groups is 2. The van der Waals surface area contributed by atoms with E-state index in [1.807, 2.05) is 18.3 Å². The summed E-state index contributed by atoms with van der Waals surface area (Å²) < 4.78 is 38.5. The van der Waals surface area contributed by atoms with Gasteiger partial charge in [-0.15, -0.1) is 0 Å². The molecule has 2 aliphatic rings. The summed E-state index contributed by atoms with van der Waals surface area (Å²) in [6.07, 6.45) is 1.40. The number of likely N-dealkylation sites (tertiary alicyclic amines) is 1. The average Bonchev–Trinajstić information content (AvgIpc) is 2.84. The Morgan fingerprint density at radius 2 is 1.81 bits per heavy atom. The number of aromatic nitrogens is 1. The van der Waals surface area contributed by atoms with Crippen molar-refractivity contribution in [2.75, 3.05) is 25.0 Å². The highest BCUT2D eigenvalue weighted by Gasteiger charge is 2.36. The van der Waals surface area contributed by atoms with Gasteiger partial charge in [-0.25, -0.2) is 4.98 Å². The number of anilines is 1. The van der Waals surface area contributed by atoms with E-state index in [9.17, 15) is 22.8 Å². The Balaban J connectivity index is 1.16. The maximum atomic E-state index is 12.8. The summed E-state index contributed by atoms with van der Waals surface area (Å²) in [4.78, 5) is 31.2. The third-order valence-electron chi connectivity index (χ3n) is 6.72. The lowest BCUT2D eigenvalue weighted by atomic mass is 9.82. The molecular weight excluding hydrogens is 473 g/mol. The monoisotopic (exact) mass is 500 g/mol. The molecule has 1 saturated heterocycles. The summed E-state index contributed by atoms with van der Waals surface area (Å²) in [5.74, 6) is -0.185. The van der Waals surface area contributed by atoms with Crippen molar-refractivity contribution in [1.82, 2.24) is 20.5 Å². The number of benzene rings is 1. The maximum absolute atomic E-state index is 12.8. The first-order valence-corrected chi connectivity index (χ1v) is 11.8. The lowest BCUT2D eigenvalue weighted by Gasteiger charge is -2.46. The molecule has 0 radical (unpaired) electrons. The topological polar surface area (TPSA) is 110 Å². The predicted molar refractivity (Wildman–Crippen MR) is 126 cm³/mol. The fourth-order valence-corrected chi connectivity index (χ4v) is 4.82. The molecule has 0 bridgehead atoms. The minimum absolute atomic E-state index is 0.0175. The molecule has 1 aromatic carbocycles. The van der Waals surface area contributed by atoms with Crippen LogP contribution < -0.4 is 16.0 Å². The minimum atomic E-state index is -4.54. The molecule has 2 amide bonds. The predicted octanol–water partition coefficient (Wildman–Crippen LogP) is 3.25. The molecule has 190 valence electrons. The van der Waals surface area contributed by atoms with Gasteiger partial charge in [0.2, 0.25) is 5.91 Å². The van der Waals surface area contributed by atoms with E-state index in [0.29, 0.717) is 17.8 Å². The molecule has 1 aromatic heterocycles. The maximum Gasteiger partial charge on any atom is 0.416 e.